The van der Waals surface area contributed by atoms with Crippen LogP contribution in [0.2, 0.25) is 0 Å². The van der Waals surface area contributed by atoms with E-state index in [2.05, 4.69) is 30.7 Å². The van der Waals surface area contributed by atoms with Gasteiger partial charge in [0, 0.05) is 17.1 Å². The minimum absolute atomic E-state index is 0. The summed E-state index contributed by atoms with van der Waals surface area (Å²) in [5, 5.41) is 0. The van der Waals surface area contributed by atoms with Crippen LogP contribution in [0.1, 0.15) is 0 Å². The molecule has 2 rings (SSSR count). The van der Waals surface area contributed by atoms with Gasteiger partial charge in [-0.3, -0.25) is 0 Å². The summed E-state index contributed by atoms with van der Waals surface area (Å²) in [7, 11) is 0. The van der Waals surface area contributed by atoms with E-state index in [0.29, 0.717) is 0 Å². The number of hydrogen-bond donors (Lipinski definition) is 0. The molecule has 0 N–H and O–H groups in total. The molecule has 0 saturated heterocycles. The van der Waals surface area contributed by atoms with Crippen molar-refractivity contribution in [3.05, 3.63) is 48.5 Å². The van der Waals surface area contributed by atoms with Gasteiger partial charge in [0.25, 0.3) is 0 Å². The Morgan fingerprint density at radius 1 is 1.07 bits per heavy atom. The third-order valence-corrected chi connectivity index (χ3v) is 3.45. The zero-order valence-electron chi connectivity index (χ0n) is 8.79. The largest absolute Gasteiger partial charge is 0.748 e. The maximum absolute atomic E-state index is 2.15. The van der Waals surface area contributed by atoms with E-state index in [4.69, 9.17) is 0 Å². The molecule has 0 aromatic heterocycles. The summed E-state index contributed by atoms with van der Waals surface area (Å²) >= 11 is 3.61. The zero-order chi connectivity index (χ0) is 10.2. The molecule has 3 heteroatoms. The van der Waals surface area contributed by atoms with E-state index in [9.17, 15) is 0 Å². The van der Waals surface area contributed by atoms with Gasteiger partial charge >= 0.3 is 0 Å². The molecular formula is C12H14FeS2-6. The Labute approximate surface area is 111 Å². The molecule has 2 aromatic carbocycles. The van der Waals surface area contributed by atoms with E-state index in [1.807, 2.05) is 30.3 Å². The molecule has 88 valence electrons. The second kappa shape index (κ2) is 9.17. The predicted octanol–water partition coefficient (Wildman–Crippen LogP) is 4.25. The van der Waals surface area contributed by atoms with Crippen molar-refractivity contribution in [3.63, 3.8) is 0 Å². The Bertz CT molecular complexity index is 289. The molecule has 0 fully saturated rings. The molecule has 2 aromatic rings. The van der Waals surface area contributed by atoms with Crippen molar-refractivity contribution in [3.8, 4) is 0 Å². The number of thioether (sulfide) groups is 2. The standard InChI is InChI=1S/C7H9S2.C5H5.Fe/c1-8-6-4-3-5-7(6)9-2;1-2-4-5-3-1;/h3-5H,1-2H3;1-5H;/q-1;-5;. The van der Waals surface area contributed by atoms with Gasteiger partial charge in [0.15, 0.2) is 0 Å². The molecule has 0 heterocycles. The fourth-order valence-corrected chi connectivity index (χ4v) is 2.51. The molecular weight excluding hydrogens is 264 g/mol. The first-order chi connectivity index (χ1) is 6.88. The van der Waals surface area contributed by atoms with Crippen LogP contribution in [-0.2, 0) is 17.1 Å². The molecule has 0 radical (unpaired) electrons. The van der Waals surface area contributed by atoms with Crippen LogP contribution in [0, 0.1) is 0 Å². The van der Waals surface area contributed by atoms with Gasteiger partial charge < -0.3 is 30.3 Å². The Hall–Kier alpha value is -0.0805. The molecule has 0 aliphatic rings. The SMILES string of the molecule is CSc1ccc[c-]1SC.[Fe].[cH-]1[cH-][cH-][cH-][cH-]1. The minimum atomic E-state index is 0. The van der Waals surface area contributed by atoms with Crippen molar-refractivity contribution >= 4 is 23.5 Å². The van der Waals surface area contributed by atoms with Crippen LogP contribution < -0.4 is 0 Å². The van der Waals surface area contributed by atoms with Crippen LogP contribution in [0.15, 0.2) is 58.3 Å². The summed E-state index contributed by atoms with van der Waals surface area (Å²) in [6, 6.07) is 16.4. The minimum Gasteiger partial charge on any atom is -0.748 e. The van der Waals surface area contributed by atoms with Crippen molar-refractivity contribution in [1.29, 1.82) is 0 Å². The Kier molecular flexibility index (Phi) is 9.12. The second-order valence-corrected chi connectivity index (χ2v) is 4.32. The van der Waals surface area contributed by atoms with Crippen LogP contribution in [0.5, 0.6) is 0 Å². The van der Waals surface area contributed by atoms with Crippen LogP contribution in [0.3, 0.4) is 0 Å². The van der Waals surface area contributed by atoms with Crippen LogP contribution >= 0.6 is 23.5 Å². The van der Waals surface area contributed by atoms with E-state index >= 15 is 0 Å². The first-order valence-electron chi connectivity index (χ1n) is 4.39. The predicted molar refractivity (Wildman–Crippen MR) is 67.6 cm³/mol. The summed E-state index contributed by atoms with van der Waals surface area (Å²) in [6.07, 6.45) is 4.21. The summed E-state index contributed by atoms with van der Waals surface area (Å²) in [6.45, 7) is 0. The topological polar surface area (TPSA) is 0 Å². The van der Waals surface area contributed by atoms with E-state index < -0.39 is 0 Å². The molecule has 0 aliphatic carbocycles. The van der Waals surface area contributed by atoms with Gasteiger partial charge in [-0.25, -0.2) is 6.07 Å². The summed E-state index contributed by atoms with van der Waals surface area (Å²) in [5.74, 6) is 0. The van der Waals surface area contributed by atoms with Gasteiger partial charge in [-0.1, -0.05) is 9.79 Å². The normalized spacial score (nSPS) is 8.67. The van der Waals surface area contributed by atoms with Gasteiger partial charge in [-0.05, 0) is 12.5 Å². The van der Waals surface area contributed by atoms with Crippen LogP contribution in [-0.4, -0.2) is 12.5 Å². The Balaban J connectivity index is 0.000000280. The molecule has 15 heavy (non-hydrogen) atoms. The van der Waals surface area contributed by atoms with Gasteiger partial charge in [-0.2, -0.15) is 35.7 Å². The monoisotopic (exact) mass is 278 g/mol. The molecule has 0 aliphatic heterocycles. The molecule has 0 unspecified atom stereocenters. The smallest absolute Gasteiger partial charge is 0 e. The summed E-state index contributed by atoms with van der Waals surface area (Å²) in [4.78, 5) is 2.78. The van der Waals surface area contributed by atoms with E-state index in [1.54, 1.807) is 23.5 Å². The van der Waals surface area contributed by atoms with E-state index in [-0.39, 0.29) is 17.1 Å². The Morgan fingerprint density at radius 3 is 1.93 bits per heavy atom. The van der Waals surface area contributed by atoms with Gasteiger partial charge in [0.1, 0.15) is 0 Å². The van der Waals surface area contributed by atoms with E-state index in [1.165, 1.54) is 9.79 Å². The second-order valence-electron chi connectivity index (χ2n) is 2.62. The average Bonchev–Trinajstić information content (AvgIpc) is 2.91. The zero-order valence-corrected chi connectivity index (χ0v) is 11.5. The quantitative estimate of drug-likeness (QED) is 0.457. The molecule has 0 amide bonds. The molecule has 0 spiro atoms. The third-order valence-electron chi connectivity index (χ3n) is 1.73. The Morgan fingerprint density at radius 2 is 1.60 bits per heavy atom. The molecule has 0 atom stereocenters. The summed E-state index contributed by atoms with van der Waals surface area (Å²) in [5.41, 5.74) is 0. The van der Waals surface area contributed by atoms with Crippen molar-refractivity contribution in [2.75, 3.05) is 12.5 Å². The maximum Gasteiger partial charge on any atom is 0 e. The van der Waals surface area contributed by atoms with Crippen LogP contribution in [0.4, 0.5) is 0 Å². The number of rotatable bonds is 2. The van der Waals surface area contributed by atoms with E-state index in [0.717, 1.165) is 0 Å². The number of hydrogen-bond acceptors (Lipinski definition) is 2. The maximum atomic E-state index is 2.15. The molecule has 0 saturated carbocycles. The van der Waals surface area contributed by atoms with Crippen molar-refractivity contribution in [2.24, 2.45) is 0 Å². The van der Waals surface area contributed by atoms with Crippen molar-refractivity contribution in [1.82, 2.24) is 0 Å². The first kappa shape index (κ1) is 14.9. The van der Waals surface area contributed by atoms with Gasteiger partial charge in [-0.15, -0.1) is 0 Å². The fraction of sp³-hybridized carbons (Fsp3) is 0.167. The van der Waals surface area contributed by atoms with Crippen LogP contribution in [0.25, 0.3) is 0 Å². The fourth-order valence-electron chi connectivity index (χ4n) is 1.05. The first-order valence-corrected chi connectivity index (χ1v) is 6.83. The summed E-state index contributed by atoms with van der Waals surface area (Å²) < 4.78 is 0. The average molecular weight is 278 g/mol. The molecule has 0 nitrogen and oxygen atoms in total. The van der Waals surface area contributed by atoms with Crippen molar-refractivity contribution in [2.45, 2.75) is 9.79 Å². The van der Waals surface area contributed by atoms with Crippen molar-refractivity contribution < 1.29 is 17.1 Å². The van der Waals surface area contributed by atoms with Gasteiger partial charge in [0.05, 0.1) is 0 Å². The third kappa shape index (κ3) is 5.52. The van der Waals surface area contributed by atoms with Gasteiger partial charge in [0.2, 0.25) is 0 Å². The molecule has 0 bridgehead atoms.